The standard InChI is InChI=1S/C13H15Cl2NO4S/c14-10-6-11(15)8-12(7-10)21(17,18)16-3-1-2-13(9-16)19-4-5-20-13/h6-8H,1-5,9H2. The van der Waals surface area contributed by atoms with Crippen LogP contribution in [0.5, 0.6) is 0 Å². The third-order valence-electron chi connectivity index (χ3n) is 3.67. The number of benzene rings is 1. The number of rotatable bonds is 2. The van der Waals surface area contributed by atoms with Crippen LogP contribution in [0, 0.1) is 0 Å². The zero-order chi connectivity index (χ0) is 15.1. The lowest BCUT2D eigenvalue weighted by Gasteiger charge is -2.37. The molecule has 0 saturated carbocycles. The smallest absolute Gasteiger partial charge is 0.243 e. The first-order valence-electron chi connectivity index (χ1n) is 6.66. The minimum atomic E-state index is -3.67. The van der Waals surface area contributed by atoms with Gasteiger partial charge in [0.25, 0.3) is 0 Å². The largest absolute Gasteiger partial charge is 0.346 e. The molecule has 5 nitrogen and oxygen atoms in total. The molecule has 0 radical (unpaired) electrons. The molecule has 2 saturated heterocycles. The Morgan fingerprint density at radius 3 is 2.33 bits per heavy atom. The average molecular weight is 352 g/mol. The van der Waals surface area contributed by atoms with E-state index in [-0.39, 0.29) is 11.4 Å². The minimum Gasteiger partial charge on any atom is -0.346 e. The molecule has 2 fully saturated rings. The van der Waals surface area contributed by atoms with Crippen molar-refractivity contribution in [3.05, 3.63) is 28.2 Å². The third kappa shape index (κ3) is 3.06. The Morgan fingerprint density at radius 1 is 1.10 bits per heavy atom. The first-order chi connectivity index (χ1) is 9.91. The lowest BCUT2D eigenvalue weighted by Crippen LogP contribution is -2.50. The van der Waals surface area contributed by atoms with Gasteiger partial charge in [-0.1, -0.05) is 23.2 Å². The molecule has 0 N–H and O–H groups in total. The van der Waals surface area contributed by atoms with E-state index in [2.05, 4.69) is 0 Å². The van der Waals surface area contributed by atoms with Crippen LogP contribution in [0.1, 0.15) is 12.8 Å². The van der Waals surface area contributed by atoms with Gasteiger partial charge in [0.15, 0.2) is 5.79 Å². The van der Waals surface area contributed by atoms with E-state index in [9.17, 15) is 8.42 Å². The number of hydrogen-bond donors (Lipinski definition) is 0. The Labute approximate surface area is 133 Å². The summed E-state index contributed by atoms with van der Waals surface area (Å²) >= 11 is 11.8. The normalized spacial score (nSPS) is 22.8. The van der Waals surface area contributed by atoms with Gasteiger partial charge in [0.1, 0.15) is 0 Å². The number of halogens is 2. The summed E-state index contributed by atoms with van der Waals surface area (Å²) in [4.78, 5) is 0.0926. The highest BCUT2D eigenvalue weighted by molar-refractivity contribution is 7.89. The van der Waals surface area contributed by atoms with Gasteiger partial charge in [-0.25, -0.2) is 8.42 Å². The van der Waals surface area contributed by atoms with Crippen molar-refractivity contribution in [3.8, 4) is 0 Å². The molecule has 8 heteroatoms. The predicted octanol–water partition coefficient (Wildman–Crippen LogP) is 2.52. The van der Waals surface area contributed by atoms with Crippen LogP contribution in [-0.4, -0.2) is 44.8 Å². The van der Waals surface area contributed by atoms with Crippen LogP contribution in [0.3, 0.4) is 0 Å². The number of ether oxygens (including phenoxy) is 2. The van der Waals surface area contributed by atoms with Gasteiger partial charge in [-0.3, -0.25) is 0 Å². The molecule has 1 aromatic carbocycles. The molecule has 1 aromatic rings. The summed E-state index contributed by atoms with van der Waals surface area (Å²) < 4.78 is 38.1. The van der Waals surface area contributed by atoms with Crippen molar-refractivity contribution in [2.45, 2.75) is 23.5 Å². The Bertz CT molecular complexity index is 623. The topological polar surface area (TPSA) is 55.8 Å². The lowest BCUT2D eigenvalue weighted by atomic mass is 10.1. The maximum atomic E-state index is 12.7. The van der Waals surface area contributed by atoms with Crippen molar-refractivity contribution in [2.24, 2.45) is 0 Å². The first kappa shape index (κ1) is 15.5. The van der Waals surface area contributed by atoms with Crippen LogP contribution in [0.25, 0.3) is 0 Å². The van der Waals surface area contributed by atoms with Gasteiger partial charge in [0, 0.05) is 23.0 Å². The zero-order valence-corrected chi connectivity index (χ0v) is 13.5. The van der Waals surface area contributed by atoms with Gasteiger partial charge in [-0.15, -0.1) is 0 Å². The Kier molecular flexibility index (Phi) is 4.20. The highest BCUT2D eigenvalue weighted by Crippen LogP contribution is 2.33. The van der Waals surface area contributed by atoms with Crippen LogP contribution >= 0.6 is 23.2 Å². The molecule has 2 aliphatic heterocycles. The van der Waals surface area contributed by atoms with E-state index < -0.39 is 15.8 Å². The molecule has 0 unspecified atom stereocenters. The monoisotopic (exact) mass is 351 g/mol. The minimum absolute atomic E-state index is 0.0926. The van der Waals surface area contributed by atoms with E-state index in [0.29, 0.717) is 42.6 Å². The van der Waals surface area contributed by atoms with Crippen LogP contribution < -0.4 is 0 Å². The van der Waals surface area contributed by atoms with Gasteiger partial charge in [0.05, 0.1) is 24.7 Å². The van der Waals surface area contributed by atoms with E-state index in [1.165, 1.54) is 22.5 Å². The number of hydrogen-bond acceptors (Lipinski definition) is 4. The summed E-state index contributed by atoms with van der Waals surface area (Å²) in [6.45, 7) is 1.62. The highest BCUT2D eigenvalue weighted by Gasteiger charge is 2.44. The quantitative estimate of drug-likeness (QED) is 0.821. The third-order valence-corrected chi connectivity index (χ3v) is 5.93. The molecule has 0 atom stereocenters. The summed E-state index contributed by atoms with van der Waals surface area (Å²) in [5.74, 6) is -0.798. The molecular weight excluding hydrogens is 337 g/mol. The molecule has 21 heavy (non-hydrogen) atoms. The maximum Gasteiger partial charge on any atom is 0.243 e. The Hall–Kier alpha value is -0.370. The molecular formula is C13H15Cl2NO4S. The molecule has 3 rings (SSSR count). The molecule has 2 heterocycles. The fourth-order valence-corrected chi connectivity index (χ4v) is 4.96. The molecule has 0 aromatic heterocycles. The summed E-state index contributed by atoms with van der Waals surface area (Å²) in [6, 6.07) is 4.31. The number of sulfonamides is 1. The van der Waals surface area contributed by atoms with Crippen LogP contribution in [0.15, 0.2) is 23.1 Å². The van der Waals surface area contributed by atoms with Crippen molar-refractivity contribution in [3.63, 3.8) is 0 Å². The van der Waals surface area contributed by atoms with Crippen LogP contribution in [0.4, 0.5) is 0 Å². The fraction of sp³-hybridized carbons (Fsp3) is 0.538. The highest BCUT2D eigenvalue weighted by atomic mass is 35.5. The van der Waals surface area contributed by atoms with Crippen molar-refractivity contribution in [1.82, 2.24) is 4.31 Å². The zero-order valence-electron chi connectivity index (χ0n) is 11.2. The molecule has 0 bridgehead atoms. The van der Waals surface area contributed by atoms with Crippen molar-refractivity contribution in [1.29, 1.82) is 0 Å². The average Bonchev–Trinajstić information content (AvgIpc) is 2.85. The van der Waals surface area contributed by atoms with Gasteiger partial charge in [0.2, 0.25) is 10.0 Å². The Balaban J connectivity index is 1.90. The summed E-state index contributed by atoms with van der Waals surface area (Å²) in [6.07, 6.45) is 1.39. The SMILES string of the molecule is O=S(=O)(c1cc(Cl)cc(Cl)c1)N1CCCC2(C1)OCCO2. The van der Waals surface area contributed by atoms with Crippen LogP contribution in [-0.2, 0) is 19.5 Å². The van der Waals surface area contributed by atoms with Crippen LogP contribution in [0.2, 0.25) is 10.0 Å². The second-order valence-corrected chi connectivity index (χ2v) is 7.97. The number of nitrogens with zero attached hydrogens (tertiary/aromatic N) is 1. The molecule has 1 spiro atoms. The van der Waals surface area contributed by atoms with E-state index >= 15 is 0 Å². The predicted molar refractivity (Wildman–Crippen MR) is 79.1 cm³/mol. The summed E-state index contributed by atoms with van der Waals surface area (Å²) in [5.41, 5.74) is 0. The van der Waals surface area contributed by atoms with Gasteiger partial charge < -0.3 is 9.47 Å². The molecule has 0 amide bonds. The summed E-state index contributed by atoms with van der Waals surface area (Å²) in [5, 5.41) is 0.585. The van der Waals surface area contributed by atoms with E-state index in [0.717, 1.165) is 0 Å². The van der Waals surface area contributed by atoms with Crippen molar-refractivity contribution < 1.29 is 17.9 Å². The lowest BCUT2D eigenvalue weighted by molar-refractivity contribution is -0.179. The van der Waals surface area contributed by atoms with E-state index in [1.807, 2.05) is 0 Å². The molecule has 2 aliphatic rings. The number of piperidine rings is 1. The fourth-order valence-electron chi connectivity index (χ4n) is 2.72. The molecule has 0 aliphatic carbocycles. The first-order valence-corrected chi connectivity index (χ1v) is 8.85. The molecule has 116 valence electrons. The van der Waals surface area contributed by atoms with Gasteiger partial charge >= 0.3 is 0 Å². The van der Waals surface area contributed by atoms with Gasteiger partial charge in [-0.05, 0) is 24.6 Å². The van der Waals surface area contributed by atoms with Crippen molar-refractivity contribution in [2.75, 3.05) is 26.3 Å². The Morgan fingerprint density at radius 2 is 1.71 bits per heavy atom. The van der Waals surface area contributed by atoms with E-state index in [4.69, 9.17) is 32.7 Å². The second-order valence-electron chi connectivity index (χ2n) is 5.15. The van der Waals surface area contributed by atoms with E-state index in [1.54, 1.807) is 0 Å². The summed E-state index contributed by atoms with van der Waals surface area (Å²) in [7, 11) is -3.67. The maximum absolute atomic E-state index is 12.7. The van der Waals surface area contributed by atoms with Gasteiger partial charge in [-0.2, -0.15) is 4.31 Å². The second kappa shape index (κ2) is 5.68. The van der Waals surface area contributed by atoms with Crippen molar-refractivity contribution >= 4 is 33.2 Å².